The van der Waals surface area contributed by atoms with Gasteiger partial charge in [0, 0.05) is 29.9 Å². The molecule has 184 valence electrons. The van der Waals surface area contributed by atoms with E-state index in [4.69, 9.17) is 19.0 Å². The number of benzene rings is 1. The van der Waals surface area contributed by atoms with Crippen molar-refractivity contribution in [1.82, 2.24) is 0 Å². The second kappa shape index (κ2) is 11.0. The van der Waals surface area contributed by atoms with Crippen LogP contribution in [-0.2, 0) is 9.53 Å². The molecule has 2 aromatic rings. The highest BCUT2D eigenvalue weighted by Crippen LogP contribution is 2.51. The number of carbonyl (C=O) groups excluding carboxylic acids is 1. The van der Waals surface area contributed by atoms with E-state index >= 15 is 0 Å². The summed E-state index contributed by atoms with van der Waals surface area (Å²) >= 11 is 0. The van der Waals surface area contributed by atoms with Crippen molar-refractivity contribution in [2.45, 2.75) is 46.1 Å². The van der Waals surface area contributed by atoms with Crippen LogP contribution >= 0.6 is 0 Å². The van der Waals surface area contributed by atoms with Gasteiger partial charge in [0.15, 0.2) is 0 Å². The van der Waals surface area contributed by atoms with Crippen LogP contribution in [0.25, 0.3) is 11.0 Å². The largest absolute Gasteiger partial charge is 0.493 e. The molecule has 34 heavy (non-hydrogen) atoms. The number of esters is 1. The van der Waals surface area contributed by atoms with Crippen molar-refractivity contribution in [3.05, 3.63) is 64.6 Å². The quantitative estimate of drug-likeness (QED) is 0.307. The lowest BCUT2D eigenvalue weighted by atomic mass is 9.58. The van der Waals surface area contributed by atoms with E-state index in [0.29, 0.717) is 24.4 Å². The summed E-state index contributed by atoms with van der Waals surface area (Å²) in [5, 5.41) is 19.2. The molecule has 0 saturated carbocycles. The van der Waals surface area contributed by atoms with E-state index in [1.807, 2.05) is 19.1 Å². The van der Waals surface area contributed by atoms with Crippen LogP contribution in [0.3, 0.4) is 0 Å². The van der Waals surface area contributed by atoms with Gasteiger partial charge in [-0.1, -0.05) is 30.7 Å². The van der Waals surface area contributed by atoms with Crippen LogP contribution < -0.4 is 10.4 Å². The summed E-state index contributed by atoms with van der Waals surface area (Å²) in [4.78, 5) is 23.9. The average Bonchev–Trinajstić information content (AvgIpc) is 2.80. The Bertz CT molecular complexity index is 1120. The first-order valence-corrected chi connectivity index (χ1v) is 11.6. The monoisotopic (exact) mass is 470 g/mol. The zero-order valence-corrected chi connectivity index (χ0v) is 20.1. The second-order valence-corrected chi connectivity index (χ2v) is 9.43. The highest BCUT2D eigenvalue weighted by atomic mass is 16.5. The third-order valence-corrected chi connectivity index (χ3v) is 6.94. The average molecular weight is 471 g/mol. The molecular weight excluding hydrogens is 436 g/mol. The van der Waals surface area contributed by atoms with Gasteiger partial charge in [0.05, 0.1) is 13.2 Å². The number of hydrogen-bond acceptors (Lipinski definition) is 7. The fraction of sp³-hybridized carbons (Fsp3) is 0.481. The normalized spacial score (nSPS) is 23.3. The van der Waals surface area contributed by atoms with Gasteiger partial charge in [0.25, 0.3) is 0 Å². The van der Waals surface area contributed by atoms with E-state index in [1.165, 1.54) is 11.6 Å². The van der Waals surface area contributed by atoms with Crippen molar-refractivity contribution in [2.24, 2.45) is 17.3 Å². The van der Waals surface area contributed by atoms with Crippen molar-refractivity contribution in [3.63, 3.8) is 0 Å². The van der Waals surface area contributed by atoms with E-state index in [2.05, 4.69) is 26.5 Å². The summed E-state index contributed by atoms with van der Waals surface area (Å²) in [5.41, 5.74) is 1.99. The van der Waals surface area contributed by atoms with Gasteiger partial charge < -0.3 is 24.1 Å². The molecule has 0 radical (unpaired) electrons. The fourth-order valence-electron chi connectivity index (χ4n) is 4.91. The van der Waals surface area contributed by atoms with Crippen molar-refractivity contribution >= 4 is 16.9 Å². The lowest BCUT2D eigenvalue weighted by Gasteiger charge is -2.47. The van der Waals surface area contributed by atoms with Gasteiger partial charge >= 0.3 is 11.6 Å². The van der Waals surface area contributed by atoms with E-state index in [-0.39, 0.29) is 30.3 Å². The standard InChI is InChI=1S/C27H34O7/c1-17(2)22-9-5-18(3)23(27(22,4)12-11-25(30)33-15-20(29)14-28)16-32-21-8-6-19-7-10-26(31)34-24(19)13-21/h5-8,10,13,20,22-23,28-29H,1,9,11-12,14-16H2,2-4H3/t20-,22-,23-,27-/m0/s1. The molecule has 1 aliphatic carbocycles. The van der Waals surface area contributed by atoms with Gasteiger partial charge in [0.1, 0.15) is 24.0 Å². The van der Waals surface area contributed by atoms with Crippen molar-refractivity contribution < 1.29 is 28.9 Å². The number of fused-ring (bicyclic) bond motifs is 1. The molecule has 1 aromatic heterocycles. The molecule has 0 unspecified atom stereocenters. The smallest absolute Gasteiger partial charge is 0.336 e. The number of ether oxygens (including phenoxy) is 2. The molecule has 4 atom stereocenters. The minimum absolute atomic E-state index is 0.0252. The van der Waals surface area contributed by atoms with Crippen LogP contribution in [0.1, 0.15) is 40.0 Å². The summed E-state index contributed by atoms with van der Waals surface area (Å²) in [6.07, 6.45) is 2.72. The summed E-state index contributed by atoms with van der Waals surface area (Å²) in [6, 6.07) is 8.52. The first-order valence-electron chi connectivity index (χ1n) is 11.6. The first-order chi connectivity index (χ1) is 16.1. The molecule has 0 amide bonds. The topological polar surface area (TPSA) is 106 Å². The summed E-state index contributed by atoms with van der Waals surface area (Å²) in [5.74, 6) is 0.380. The lowest BCUT2D eigenvalue weighted by Crippen LogP contribution is -2.42. The maximum atomic E-state index is 12.3. The van der Waals surface area contributed by atoms with Gasteiger partial charge in [-0.3, -0.25) is 4.79 Å². The number of carbonyl (C=O) groups is 1. The highest BCUT2D eigenvalue weighted by Gasteiger charge is 2.44. The van der Waals surface area contributed by atoms with Crippen molar-refractivity contribution in [2.75, 3.05) is 19.8 Å². The maximum Gasteiger partial charge on any atom is 0.336 e. The zero-order chi connectivity index (χ0) is 24.9. The molecule has 7 nitrogen and oxygen atoms in total. The van der Waals surface area contributed by atoms with Gasteiger partial charge in [-0.2, -0.15) is 0 Å². The van der Waals surface area contributed by atoms with Gasteiger partial charge in [-0.05, 0) is 56.2 Å². The molecule has 0 saturated heterocycles. The Morgan fingerprint density at radius 2 is 2.06 bits per heavy atom. The fourth-order valence-corrected chi connectivity index (χ4v) is 4.91. The number of allylic oxidation sites excluding steroid dienone is 2. The third kappa shape index (κ3) is 5.96. The Kier molecular flexibility index (Phi) is 8.33. The summed E-state index contributed by atoms with van der Waals surface area (Å²) < 4.78 is 16.6. The van der Waals surface area contributed by atoms with Crippen LogP contribution in [-0.4, -0.2) is 42.1 Å². The molecule has 1 heterocycles. The molecular formula is C27H34O7. The third-order valence-electron chi connectivity index (χ3n) is 6.94. The van der Waals surface area contributed by atoms with E-state index in [1.54, 1.807) is 12.1 Å². The van der Waals surface area contributed by atoms with E-state index < -0.39 is 24.3 Å². The number of rotatable bonds is 10. The Labute approximate surface area is 199 Å². The van der Waals surface area contributed by atoms with Gasteiger partial charge in [-0.25, -0.2) is 4.79 Å². The highest BCUT2D eigenvalue weighted by molar-refractivity contribution is 5.77. The van der Waals surface area contributed by atoms with Crippen molar-refractivity contribution in [3.8, 4) is 5.75 Å². The number of aliphatic hydroxyl groups excluding tert-OH is 2. The Morgan fingerprint density at radius 3 is 2.76 bits per heavy atom. The Balaban J connectivity index is 1.77. The molecule has 0 aliphatic heterocycles. The molecule has 7 heteroatoms. The SMILES string of the molecule is C=C(C)[C@@H]1CC=C(C)[C@H](COc2ccc3ccc(=O)oc3c2)[C@@]1(C)CCC(=O)OC[C@@H](O)CO. The van der Waals surface area contributed by atoms with E-state index in [0.717, 1.165) is 17.4 Å². The van der Waals surface area contributed by atoms with Crippen LogP contribution in [0.2, 0.25) is 0 Å². The van der Waals surface area contributed by atoms with Crippen LogP contribution in [0.5, 0.6) is 5.75 Å². The summed E-state index contributed by atoms with van der Waals surface area (Å²) in [7, 11) is 0. The van der Waals surface area contributed by atoms with Crippen LogP contribution in [0.15, 0.2) is 63.3 Å². The van der Waals surface area contributed by atoms with Crippen LogP contribution in [0.4, 0.5) is 0 Å². The second-order valence-electron chi connectivity index (χ2n) is 9.43. The summed E-state index contributed by atoms with van der Waals surface area (Å²) in [6.45, 7) is 10.2. The van der Waals surface area contributed by atoms with Crippen LogP contribution in [0, 0.1) is 17.3 Å². The predicted molar refractivity (Wildman–Crippen MR) is 130 cm³/mol. The Morgan fingerprint density at radius 1 is 1.32 bits per heavy atom. The Hall–Kier alpha value is -2.90. The first kappa shape index (κ1) is 25.7. The number of hydrogen-bond donors (Lipinski definition) is 2. The molecule has 0 fully saturated rings. The molecule has 2 N–H and O–H groups in total. The molecule has 0 spiro atoms. The molecule has 3 rings (SSSR count). The van der Waals surface area contributed by atoms with E-state index in [9.17, 15) is 14.7 Å². The lowest BCUT2D eigenvalue weighted by molar-refractivity contribution is -0.148. The van der Waals surface area contributed by atoms with Gasteiger partial charge in [-0.15, -0.1) is 0 Å². The number of aliphatic hydroxyl groups is 2. The minimum Gasteiger partial charge on any atom is -0.493 e. The van der Waals surface area contributed by atoms with Crippen molar-refractivity contribution in [1.29, 1.82) is 0 Å². The molecule has 0 bridgehead atoms. The zero-order valence-electron chi connectivity index (χ0n) is 20.1. The molecule has 1 aliphatic rings. The van der Waals surface area contributed by atoms with Gasteiger partial charge in [0.2, 0.25) is 0 Å². The molecule has 1 aromatic carbocycles. The predicted octanol–water partition coefficient (Wildman–Crippen LogP) is 4.01. The maximum absolute atomic E-state index is 12.3. The minimum atomic E-state index is -1.07.